The van der Waals surface area contributed by atoms with E-state index in [1.54, 1.807) is 16.8 Å². The Morgan fingerprint density at radius 3 is 2.69 bits per heavy atom. The molecule has 1 amide bonds. The minimum absolute atomic E-state index is 0.128. The Kier molecular flexibility index (Phi) is 4.67. The number of anilines is 1. The summed E-state index contributed by atoms with van der Waals surface area (Å²) in [5.41, 5.74) is 2.99. The van der Waals surface area contributed by atoms with Crippen LogP contribution in [-0.4, -0.2) is 25.2 Å². The molecule has 0 spiro atoms. The van der Waals surface area contributed by atoms with Crippen LogP contribution in [-0.2, 0) is 11.3 Å². The van der Waals surface area contributed by atoms with E-state index in [9.17, 15) is 14.0 Å². The Morgan fingerprint density at radius 1 is 1.14 bits per heavy atom. The van der Waals surface area contributed by atoms with Crippen LogP contribution in [0.15, 0.2) is 59.7 Å². The van der Waals surface area contributed by atoms with E-state index in [1.807, 2.05) is 32.0 Å². The quantitative estimate of drug-likeness (QED) is 0.580. The number of fused-ring (bicyclic) bond motifs is 1. The summed E-state index contributed by atoms with van der Waals surface area (Å²) in [6.45, 7) is 3.58. The highest BCUT2D eigenvalue weighted by molar-refractivity contribution is 5.92. The van der Waals surface area contributed by atoms with Crippen molar-refractivity contribution in [1.82, 2.24) is 19.3 Å². The standard InChI is InChI=1S/C21H18FN5O2/c1-13-9-14(2)27(25-13)19-6-4-3-5-18(19)24-20(28)11-26-12-23-17-8-7-15(22)10-16(17)21(26)29/h3-10,12H,11H2,1-2H3,(H,24,28). The maximum Gasteiger partial charge on any atom is 0.261 e. The summed E-state index contributed by atoms with van der Waals surface area (Å²) in [5.74, 6) is -0.934. The number of rotatable bonds is 4. The predicted molar refractivity (Wildman–Crippen MR) is 108 cm³/mol. The molecular weight excluding hydrogens is 373 g/mol. The van der Waals surface area contributed by atoms with E-state index >= 15 is 0 Å². The molecule has 0 radical (unpaired) electrons. The number of carbonyl (C=O) groups excluding carboxylic acids is 1. The van der Waals surface area contributed by atoms with E-state index in [1.165, 1.54) is 18.5 Å². The van der Waals surface area contributed by atoms with Gasteiger partial charge in [-0.25, -0.2) is 14.1 Å². The van der Waals surface area contributed by atoms with Crippen LogP contribution >= 0.6 is 0 Å². The Balaban J connectivity index is 1.62. The normalized spacial score (nSPS) is 11.0. The highest BCUT2D eigenvalue weighted by Gasteiger charge is 2.13. The summed E-state index contributed by atoms with van der Waals surface area (Å²) in [4.78, 5) is 29.3. The van der Waals surface area contributed by atoms with Crippen molar-refractivity contribution in [3.8, 4) is 5.69 Å². The van der Waals surface area contributed by atoms with Crippen molar-refractivity contribution in [2.24, 2.45) is 0 Å². The molecule has 2 aromatic heterocycles. The molecule has 2 aromatic carbocycles. The van der Waals surface area contributed by atoms with E-state index in [2.05, 4.69) is 15.4 Å². The lowest BCUT2D eigenvalue weighted by molar-refractivity contribution is -0.116. The third kappa shape index (κ3) is 3.64. The van der Waals surface area contributed by atoms with Crippen molar-refractivity contribution >= 4 is 22.5 Å². The topological polar surface area (TPSA) is 81.8 Å². The fourth-order valence-electron chi connectivity index (χ4n) is 3.23. The van der Waals surface area contributed by atoms with Crippen LogP contribution in [0.2, 0.25) is 0 Å². The molecule has 146 valence electrons. The van der Waals surface area contributed by atoms with Crippen molar-refractivity contribution in [3.05, 3.63) is 82.4 Å². The van der Waals surface area contributed by atoms with Gasteiger partial charge in [0.05, 0.1) is 34.3 Å². The summed E-state index contributed by atoms with van der Waals surface area (Å²) in [6, 6.07) is 13.0. The molecule has 1 N–H and O–H groups in total. The molecule has 0 aliphatic rings. The molecule has 0 saturated carbocycles. The number of nitrogens with one attached hydrogen (secondary N) is 1. The van der Waals surface area contributed by atoms with Gasteiger partial charge in [0.1, 0.15) is 12.4 Å². The maximum absolute atomic E-state index is 13.5. The van der Waals surface area contributed by atoms with E-state index in [0.717, 1.165) is 27.7 Å². The van der Waals surface area contributed by atoms with E-state index in [0.29, 0.717) is 11.2 Å². The van der Waals surface area contributed by atoms with Crippen molar-refractivity contribution in [3.63, 3.8) is 0 Å². The van der Waals surface area contributed by atoms with Gasteiger partial charge < -0.3 is 5.32 Å². The zero-order valence-electron chi connectivity index (χ0n) is 15.9. The van der Waals surface area contributed by atoms with Gasteiger partial charge in [-0.3, -0.25) is 14.2 Å². The molecule has 2 heterocycles. The number of amides is 1. The van der Waals surface area contributed by atoms with Crippen LogP contribution in [0, 0.1) is 19.7 Å². The number of para-hydroxylation sites is 2. The van der Waals surface area contributed by atoms with Gasteiger partial charge in [-0.15, -0.1) is 0 Å². The molecular formula is C21H18FN5O2. The van der Waals surface area contributed by atoms with Gasteiger partial charge >= 0.3 is 0 Å². The molecule has 0 aliphatic carbocycles. The summed E-state index contributed by atoms with van der Waals surface area (Å²) >= 11 is 0. The summed E-state index contributed by atoms with van der Waals surface area (Å²) in [6.07, 6.45) is 1.29. The lowest BCUT2D eigenvalue weighted by Gasteiger charge is -2.13. The van der Waals surface area contributed by atoms with Crippen molar-refractivity contribution < 1.29 is 9.18 Å². The van der Waals surface area contributed by atoms with Crippen LogP contribution in [0.4, 0.5) is 10.1 Å². The average Bonchev–Trinajstić information content (AvgIpc) is 3.03. The second-order valence-corrected chi connectivity index (χ2v) is 6.74. The lowest BCUT2D eigenvalue weighted by atomic mass is 10.2. The van der Waals surface area contributed by atoms with Gasteiger partial charge in [0.15, 0.2) is 0 Å². The molecule has 0 aliphatic heterocycles. The molecule has 0 atom stereocenters. The third-order valence-corrected chi connectivity index (χ3v) is 4.52. The minimum Gasteiger partial charge on any atom is -0.323 e. The molecule has 0 saturated heterocycles. The molecule has 29 heavy (non-hydrogen) atoms. The SMILES string of the molecule is Cc1cc(C)n(-c2ccccc2NC(=O)Cn2cnc3ccc(F)cc3c2=O)n1. The number of nitrogens with zero attached hydrogens (tertiary/aromatic N) is 4. The molecule has 4 rings (SSSR count). The van der Waals surface area contributed by atoms with Crippen LogP contribution in [0.3, 0.4) is 0 Å². The van der Waals surface area contributed by atoms with Crippen molar-refractivity contribution in [1.29, 1.82) is 0 Å². The first-order valence-corrected chi connectivity index (χ1v) is 8.99. The van der Waals surface area contributed by atoms with Crippen LogP contribution in [0.5, 0.6) is 0 Å². The second-order valence-electron chi connectivity index (χ2n) is 6.74. The number of aryl methyl sites for hydroxylation is 2. The zero-order chi connectivity index (χ0) is 20.5. The first-order chi connectivity index (χ1) is 13.9. The third-order valence-electron chi connectivity index (χ3n) is 4.52. The largest absolute Gasteiger partial charge is 0.323 e. The summed E-state index contributed by atoms with van der Waals surface area (Å²) in [5, 5.41) is 7.40. The van der Waals surface area contributed by atoms with Crippen molar-refractivity contribution in [2.45, 2.75) is 20.4 Å². The first-order valence-electron chi connectivity index (χ1n) is 8.99. The Morgan fingerprint density at radius 2 is 1.93 bits per heavy atom. The molecule has 0 unspecified atom stereocenters. The van der Waals surface area contributed by atoms with Gasteiger partial charge in [-0.2, -0.15) is 5.10 Å². The monoisotopic (exact) mass is 391 g/mol. The van der Waals surface area contributed by atoms with Crippen LogP contribution in [0.25, 0.3) is 16.6 Å². The highest BCUT2D eigenvalue weighted by atomic mass is 19.1. The summed E-state index contributed by atoms with van der Waals surface area (Å²) in [7, 11) is 0. The summed E-state index contributed by atoms with van der Waals surface area (Å²) < 4.78 is 16.4. The van der Waals surface area contributed by atoms with Gasteiger partial charge in [0.25, 0.3) is 5.56 Å². The number of carbonyl (C=O) groups is 1. The van der Waals surface area contributed by atoms with Crippen LogP contribution < -0.4 is 10.9 Å². The van der Waals surface area contributed by atoms with E-state index < -0.39 is 17.3 Å². The number of aromatic nitrogens is 4. The zero-order valence-corrected chi connectivity index (χ0v) is 15.9. The fourth-order valence-corrected chi connectivity index (χ4v) is 3.23. The van der Waals surface area contributed by atoms with E-state index in [4.69, 9.17) is 0 Å². The minimum atomic E-state index is -0.530. The Labute approximate surface area is 165 Å². The molecule has 0 fully saturated rings. The molecule has 0 bridgehead atoms. The van der Waals surface area contributed by atoms with E-state index in [-0.39, 0.29) is 11.9 Å². The smallest absolute Gasteiger partial charge is 0.261 e. The number of halogens is 1. The first kappa shape index (κ1) is 18.5. The van der Waals surface area contributed by atoms with Crippen molar-refractivity contribution in [2.75, 3.05) is 5.32 Å². The van der Waals surface area contributed by atoms with Gasteiger partial charge in [0, 0.05) is 5.69 Å². The number of hydrogen-bond acceptors (Lipinski definition) is 4. The highest BCUT2D eigenvalue weighted by Crippen LogP contribution is 2.21. The molecule has 4 aromatic rings. The van der Waals surface area contributed by atoms with Gasteiger partial charge in [0.2, 0.25) is 5.91 Å². The maximum atomic E-state index is 13.5. The Bertz CT molecular complexity index is 1290. The number of hydrogen-bond donors (Lipinski definition) is 1. The predicted octanol–water partition coefficient (Wildman–Crippen LogP) is 2.98. The lowest BCUT2D eigenvalue weighted by Crippen LogP contribution is -2.28. The molecule has 8 heteroatoms. The molecule has 7 nitrogen and oxygen atoms in total. The van der Waals surface area contributed by atoms with Crippen LogP contribution in [0.1, 0.15) is 11.4 Å². The van der Waals surface area contributed by atoms with Gasteiger partial charge in [-0.05, 0) is 50.2 Å². The fraction of sp³-hybridized carbons (Fsp3) is 0.143. The second kappa shape index (κ2) is 7.31. The van der Waals surface area contributed by atoms with Gasteiger partial charge in [-0.1, -0.05) is 12.1 Å². The number of benzene rings is 2. The Hall–Kier alpha value is -3.81. The average molecular weight is 391 g/mol.